The van der Waals surface area contributed by atoms with Gasteiger partial charge in [0.25, 0.3) is 0 Å². The van der Waals surface area contributed by atoms with Crippen molar-refractivity contribution in [2.24, 2.45) is 0 Å². The first kappa shape index (κ1) is 19.1. The molecule has 0 aliphatic rings. The van der Waals surface area contributed by atoms with Crippen LogP contribution in [0.25, 0.3) is 0 Å². The van der Waals surface area contributed by atoms with Crippen LogP contribution < -0.4 is 0 Å². The fourth-order valence-electron chi connectivity index (χ4n) is 0.796. The normalized spacial score (nSPS) is 13.1. The van der Waals surface area contributed by atoms with Crippen LogP contribution in [0, 0.1) is 0 Å². The summed E-state index contributed by atoms with van der Waals surface area (Å²) in [5, 5.41) is 49.4. The van der Waals surface area contributed by atoms with Crippen LogP contribution in [0.15, 0.2) is 0 Å². The number of hydrogen-bond donors (Lipinski definition) is 6. The Morgan fingerprint density at radius 1 is 0.778 bits per heavy atom. The quantitative estimate of drug-likeness (QED) is 0.288. The van der Waals surface area contributed by atoms with Crippen molar-refractivity contribution >= 4 is 11.9 Å². The average Bonchev–Trinajstić information content (AvgIpc) is 2.33. The second kappa shape index (κ2) is 12.2. The Balaban J connectivity index is 0. The van der Waals surface area contributed by atoms with Crippen molar-refractivity contribution in [1.29, 1.82) is 0 Å². The molecule has 0 spiro atoms. The Hall–Kier alpha value is -1.22. The van der Waals surface area contributed by atoms with Gasteiger partial charge in [-0.05, 0) is 12.8 Å². The number of rotatable bonds is 8. The van der Waals surface area contributed by atoms with Gasteiger partial charge in [0.05, 0.1) is 13.2 Å². The second-order valence-corrected chi connectivity index (χ2v) is 3.49. The lowest BCUT2D eigenvalue weighted by Crippen LogP contribution is -2.31. The molecule has 2 atom stereocenters. The monoisotopic (exact) mass is 268 g/mol. The summed E-state index contributed by atoms with van der Waals surface area (Å²) >= 11 is 0. The third kappa shape index (κ3) is 14.8. The van der Waals surface area contributed by atoms with Gasteiger partial charge in [0.15, 0.2) is 0 Å². The minimum absolute atomic E-state index is 0.0628. The highest BCUT2D eigenvalue weighted by molar-refractivity contribution is 5.67. The van der Waals surface area contributed by atoms with Gasteiger partial charge in [0, 0.05) is 12.8 Å². The summed E-state index contributed by atoms with van der Waals surface area (Å²) in [7, 11) is 0. The smallest absolute Gasteiger partial charge is 0.303 e. The van der Waals surface area contributed by atoms with E-state index in [0.717, 1.165) is 0 Å². The van der Waals surface area contributed by atoms with Crippen molar-refractivity contribution in [3.8, 4) is 0 Å². The van der Waals surface area contributed by atoms with E-state index in [1.165, 1.54) is 0 Å². The molecule has 0 aromatic carbocycles. The average molecular weight is 268 g/mol. The zero-order chi connectivity index (χ0) is 14.6. The Kier molecular flexibility index (Phi) is 13.0. The molecule has 0 saturated carbocycles. The Bertz CT molecular complexity index is 206. The van der Waals surface area contributed by atoms with Crippen LogP contribution in [0.2, 0.25) is 0 Å². The van der Waals surface area contributed by atoms with Crippen LogP contribution in [0.4, 0.5) is 0 Å². The first-order valence-electron chi connectivity index (χ1n) is 5.36. The summed E-state index contributed by atoms with van der Waals surface area (Å²) in [4.78, 5) is 19.8. The largest absolute Gasteiger partial charge is 0.481 e. The summed E-state index contributed by atoms with van der Waals surface area (Å²) in [6.45, 7) is -1.05. The molecule has 0 aromatic rings. The predicted octanol–water partition coefficient (Wildman–Crippen LogP) is -1.59. The highest BCUT2D eigenvalue weighted by atomic mass is 16.4. The zero-order valence-electron chi connectivity index (χ0n) is 9.90. The lowest BCUT2D eigenvalue weighted by Gasteiger charge is -2.10. The van der Waals surface area contributed by atoms with Crippen LogP contribution >= 0.6 is 0 Å². The Morgan fingerprint density at radius 2 is 1.06 bits per heavy atom. The third-order valence-corrected chi connectivity index (χ3v) is 1.85. The molecule has 8 heteroatoms. The van der Waals surface area contributed by atoms with Crippen LogP contribution in [0.3, 0.4) is 0 Å². The first-order chi connectivity index (χ1) is 8.34. The maximum Gasteiger partial charge on any atom is 0.303 e. The van der Waals surface area contributed by atoms with Crippen LogP contribution in [0.1, 0.15) is 25.7 Å². The number of aliphatic carboxylic acids is 2. The molecule has 108 valence electrons. The van der Waals surface area contributed by atoms with Gasteiger partial charge in [-0.2, -0.15) is 0 Å². The maximum absolute atomic E-state index is 9.90. The van der Waals surface area contributed by atoms with Crippen LogP contribution in [-0.4, -0.2) is 68.0 Å². The van der Waals surface area contributed by atoms with E-state index in [1.807, 2.05) is 0 Å². The fraction of sp³-hybridized carbons (Fsp3) is 0.800. The van der Waals surface area contributed by atoms with Crippen molar-refractivity contribution in [2.45, 2.75) is 37.9 Å². The van der Waals surface area contributed by atoms with Gasteiger partial charge in [-0.25, -0.2) is 0 Å². The van der Waals surface area contributed by atoms with Gasteiger partial charge >= 0.3 is 11.9 Å². The second-order valence-electron chi connectivity index (χ2n) is 3.49. The highest BCUT2D eigenvalue weighted by Crippen LogP contribution is 1.98. The molecule has 0 aliphatic heterocycles. The minimum Gasteiger partial charge on any atom is -0.481 e. The lowest BCUT2D eigenvalue weighted by molar-refractivity contribution is -0.139. The minimum atomic E-state index is -1.22. The number of carbonyl (C=O) groups is 2. The molecular formula is C10H20O8. The van der Waals surface area contributed by atoms with Gasteiger partial charge in [0.2, 0.25) is 0 Å². The van der Waals surface area contributed by atoms with E-state index in [2.05, 4.69) is 0 Å². The third-order valence-electron chi connectivity index (χ3n) is 1.85. The van der Waals surface area contributed by atoms with Gasteiger partial charge < -0.3 is 30.6 Å². The number of carboxylic acids is 2. The molecule has 0 rings (SSSR count). The zero-order valence-corrected chi connectivity index (χ0v) is 9.90. The SMILES string of the molecule is O=C(O)CCCCC(=O)O.OCC(O)C(O)CO. The molecule has 0 amide bonds. The van der Waals surface area contributed by atoms with Crippen molar-refractivity contribution in [1.82, 2.24) is 0 Å². The molecule has 0 radical (unpaired) electrons. The summed E-state index contributed by atoms with van der Waals surface area (Å²) < 4.78 is 0. The molecule has 6 N–H and O–H groups in total. The van der Waals surface area contributed by atoms with Gasteiger partial charge in [-0.15, -0.1) is 0 Å². The molecule has 0 heterocycles. The standard InChI is InChI=1S/C6H10O4.C4H10O4/c7-5(8)3-1-2-4-6(9)10;5-1-3(7)4(8)2-6/h1-4H2,(H,7,8)(H,9,10);3-8H,1-2H2. The van der Waals surface area contributed by atoms with Crippen molar-refractivity contribution in [3.05, 3.63) is 0 Å². The van der Waals surface area contributed by atoms with E-state index >= 15 is 0 Å². The summed E-state index contributed by atoms with van der Waals surface area (Å²) in [5.41, 5.74) is 0. The molecule has 18 heavy (non-hydrogen) atoms. The summed E-state index contributed by atoms with van der Waals surface area (Å²) in [6, 6.07) is 0. The van der Waals surface area contributed by atoms with E-state index in [0.29, 0.717) is 12.8 Å². The van der Waals surface area contributed by atoms with Gasteiger partial charge in [-0.3, -0.25) is 9.59 Å². The van der Waals surface area contributed by atoms with E-state index < -0.39 is 37.4 Å². The number of aliphatic hydroxyl groups excluding tert-OH is 4. The Morgan fingerprint density at radius 3 is 1.22 bits per heavy atom. The predicted molar refractivity (Wildman–Crippen MR) is 59.9 cm³/mol. The summed E-state index contributed by atoms with van der Waals surface area (Å²) in [5.74, 6) is -1.74. The molecule has 0 fully saturated rings. The number of hydrogen-bond acceptors (Lipinski definition) is 6. The van der Waals surface area contributed by atoms with Crippen molar-refractivity contribution < 1.29 is 40.2 Å². The molecular weight excluding hydrogens is 248 g/mol. The maximum atomic E-state index is 9.90. The molecule has 0 saturated heterocycles. The number of carboxylic acid groups (broad SMARTS) is 2. The number of aliphatic hydroxyl groups is 4. The van der Waals surface area contributed by atoms with Gasteiger partial charge in [0.1, 0.15) is 12.2 Å². The van der Waals surface area contributed by atoms with E-state index in [-0.39, 0.29) is 12.8 Å². The first-order valence-corrected chi connectivity index (χ1v) is 5.36. The van der Waals surface area contributed by atoms with Crippen LogP contribution in [0.5, 0.6) is 0 Å². The van der Waals surface area contributed by atoms with E-state index in [1.54, 1.807) is 0 Å². The van der Waals surface area contributed by atoms with E-state index in [9.17, 15) is 9.59 Å². The number of unbranched alkanes of at least 4 members (excludes halogenated alkanes) is 1. The topological polar surface area (TPSA) is 156 Å². The highest BCUT2D eigenvalue weighted by Gasteiger charge is 2.12. The summed E-state index contributed by atoms with van der Waals surface area (Å²) in [6.07, 6.45) is -1.43. The molecule has 0 aromatic heterocycles. The van der Waals surface area contributed by atoms with Crippen LogP contribution in [-0.2, 0) is 9.59 Å². The molecule has 0 bridgehead atoms. The fourth-order valence-corrected chi connectivity index (χ4v) is 0.796. The molecule has 2 unspecified atom stereocenters. The molecule has 0 aliphatic carbocycles. The van der Waals surface area contributed by atoms with Gasteiger partial charge in [-0.1, -0.05) is 0 Å². The van der Waals surface area contributed by atoms with Crippen molar-refractivity contribution in [2.75, 3.05) is 13.2 Å². The lowest BCUT2D eigenvalue weighted by atomic mass is 10.2. The van der Waals surface area contributed by atoms with E-state index in [4.69, 9.17) is 30.6 Å². The Labute approximate surface area is 104 Å². The molecule has 8 nitrogen and oxygen atoms in total. The van der Waals surface area contributed by atoms with Crippen molar-refractivity contribution in [3.63, 3.8) is 0 Å².